The number of hydrogen-bond acceptors (Lipinski definition) is 3. The van der Waals surface area contributed by atoms with Crippen LogP contribution in [0.3, 0.4) is 0 Å². The van der Waals surface area contributed by atoms with Gasteiger partial charge in [0.2, 0.25) is 0 Å². The van der Waals surface area contributed by atoms with Crippen molar-refractivity contribution >= 4 is 10.9 Å². The molecule has 2 aromatic heterocycles. The number of aromatic amines is 1. The second-order valence-electron chi connectivity index (χ2n) is 5.27. The van der Waals surface area contributed by atoms with E-state index in [2.05, 4.69) is 33.4 Å². The summed E-state index contributed by atoms with van der Waals surface area (Å²) in [6, 6.07) is 18.2. The van der Waals surface area contributed by atoms with E-state index in [1.165, 1.54) is 0 Å². The van der Waals surface area contributed by atoms with Crippen LogP contribution in [0, 0.1) is 0 Å². The van der Waals surface area contributed by atoms with Crippen LogP contribution in [0.5, 0.6) is 5.75 Å². The molecule has 0 aliphatic carbocycles. The molecule has 0 saturated heterocycles. The third kappa shape index (κ3) is 2.34. The smallest absolute Gasteiger partial charge is 0.128 e. The topological polar surface area (TPSA) is 50.8 Å². The Hall–Kier alpha value is -3.14. The molecule has 0 amide bonds. The first-order valence-electron chi connectivity index (χ1n) is 7.39. The van der Waals surface area contributed by atoms with E-state index in [0.717, 1.165) is 39.0 Å². The molecule has 2 heterocycles. The van der Waals surface area contributed by atoms with Crippen LogP contribution < -0.4 is 4.74 Å². The number of para-hydroxylation sites is 1. The summed E-state index contributed by atoms with van der Waals surface area (Å²) >= 11 is 0. The quantitative estimate of drug-likeness (QED) is 0.614. The van der Waals surface area contributed by atoms with E-state index in [4.69, 9.17) is 4.74 Å². The zero-order valence-corrected chi connectivity index (χ0v) is 12.7. The largest absolute Gasteiger partial charge is 0.496 e. The van der Waals surface area contributed by atoms with Gasteiger partial charge in [0.25, 0.3) is 0 Å². The van der Waals surface area contributed by atoms with Crippen LogP contribution in [-0.4, -0.2) is 22.3 Å². The van der Waals surface area contributed by atoms with Gasteiger partial charge in [-0.1, -0.05) is 24.3 Å². The summed E-state index contributed by atoms with van der Waals surface area (Å²) in [7, 11) is 1.68. The minimum absolute atomic E-state index is 0.817. The third-order valence-corrected chi connectivity index (χ3v) is 3.92. The number of hydrogen-bond donors (Lipinski definition) is 1. The number of pyridine rings is 1. The number of nitrogens with one attached hydrogen (secondary N) is 1. The van der Waals surface area contributed by atoms with E-state index < -0.39 is 0 Å². The van der Waals surface area contributed by atoms with Gasteiger partial charge < -0.3 is 4.74 Å². The second kappa shape index (κ2) is 5.57. The molecule has 0 saturated carbocycles. The highest BCUT2D eigenvalue weighted by atomic mass is 16.5. The van der Waals surface area contributed by atoms with Crippen molar-refractivity contribution in [2.75, 3.05) is 7.11 Å². The average Bonchev–Trinajstić information content (AvgIpc) is 3.09. The first-order valence-corrected chi connectivity index (χ1v) is 7.39. The van der Waals surface area contributed by atoms with Crippen molar-refractivity contribution in [3.05, 3.63) is 67.0 Å². The van der Waals surface area contributed by atoms with Crippen LogP contribution in [-0.2, 0) is 0 Å². The lowest BCUT2D eigenvalue weighted by molar-refractivity contribution is 0.416. The Morgan fingerprint density at radius 1 is 0.957 bits per heavy atom. The van der Waals surface area contributed by atoms with Gasteiger partial charge in [-0.3, -0.25) is 10.1 Å². The Bertz CT molecular complexity index is 975. The van der Waals surface area contributed by atoms with E-state index in [-0.39, 0.29) is 0 Å². The van der Waals surface area contributed by atoms with Crippen LogP contribution >= 0.6 is 0 Å². The maximum Gasteiger partial charge on any atom is 0.128 e. The number of ether oxygens (including phenoxy) is 1. The van der Waals surface area contributed by atoms with Gasteiger partial charge in [0.15, 0.2) is 0 Å². The molecular formula is C19H15N3O. The van der Waals surface area contributed by atoms with Crippen LogP contribution in [0.1, 0.15) is 0 Å². The number of H-pyrrole nitrogens is 1. The van der Waals surface area contributed by atoms with Crippen molar-refractivity contribution in [1.29, 1.82) is 0 Å². The molecule has 0 bridgehead atoms. The summed E-state index contributed by atoms with van der Waals surface area (Å²) in [6.45, 7) is 0. The Balaban J connectivity index is 1.93. The van der Waals surface area contributed by atoms with Gasteiger partial charge in [0, 0.05) is 22.7 Å². The van der Waals surface area contributed by atoms with Gasteiger partial charge in [0.1, 0.15) is 5.75 Å². The van der Waals surface area contributed by atoms with Gasteiger partial charge >= 0.3 is 0 Å². The summed E-state index contributed by atoms with van der Waals surface area (Å²) in [5.74, 6) is 0.817. The molecule has 0 radical (unpaired) electrons. The maximum absolute atomic E-state index is 5.49. The van der Waals surface area contributed by atoms with Gasteiger partial charge in [-0.15, -0.1) is 0 Å². The number of methoxy groups -OCH3 is 1. The third-order valence-electron chi connectivity index (χ3n) is 3.92. The number of fused-ring (bicyclic) bond motifs is 1. The molecule has 23 heavy (non-hydrogen) atoms. The Kier molecular flexibility index (Phi) is 3.27. The SMILES string of the molecule is COc1ccccc1-c1ncccc1-c1ccc2[nH]ncc2c1. The van der Waals surface area contributed by atoms with Crippen LogP contribution in [0.15, 0.2) is 67.0 Å². The zero-order chi connectivity index (χ0) is 15.6. The lowest BCUT2D eigenvalue weighted by Gasteiger charge is -2.12. The van der Waals surface area contributed by atoms with Crippen molar-refractivity contribution in [2.45, 2.75) is 0 Å². The van der Waals surface area contributed by atoms with E-state index in [1.807, 2.05) is 48.8 Å². The van der Waals surface area contributed by atoms with E-state index in [1.54, 1.807) is 7.11 Å². The van der Waals surface area contributed by atoms with E-state index >= 15 is 0 Å². The Morgan fingerprint density at radius 2 is 1.83 bits per heavy atom. The molecule has 0 aliphatic rings. The van der Waals surface area contributed by atoms with Crippen molar-refractivity contribution < 1.29 is 4.74 Å². The molecule has 0 unspecified atom stereocenters. The van der Waals surface area contributed by atoms with Crippen LogP contribution in [0.2, 0.25) is 0 Å². The summed E-state index contributed by atoms with van der Waals surface area (Å²) < 4.78 is 5.49. The molecule has 4 aromatic rings. The number of nitrogens with zero attached hydrogens (tertiary/aromatic N) is 2. The highest BCUT2D eigenvalue weighted by molar-refractivity contribution is 5.89. The fourth-order valence-electron chi connectivity index (χ4n) is 2.80. The summed E-state index contributed by atoms with van der Waals surface area (Å²) in [6.07, 6.45) is 3.64. The molecule has 2 aromatic carbocycles. The van der Waals surface area contributed by atoms with Crippen molar-refractivity contribution in [3.63, 3.8) is 0 Å². The Morgan fingerprint density at radius 3 is 2.74 bits per heavy atom. The molecule has 4 nitrogen and oxygen atoms in total. The van der Waals surface area contributed by atoms with E-state index in [0.29, 0.717) is 0 Å². The summed E-state index contributed by atoms with van der Waals surface area (Å²) in [5.41, 5.74) is 5.09. The lowest BCUT2D eigenvalue weighted by atomic mass is 9.98. The average molecular weight is 301 g/mol. The van der Waals surface area contributed by atoms with Crippen molar-refractivity contribution in [2.24, 2.45) is 0 Å². The van der Waals surface area contributed by atoms with Crippen LogP contribution in [0.4, 0.5) is 0 Å². The fraction of sp³-hybridized carbons (Fsp3) is 0.0526. The first-order chi connectivity index (χ1) is 11.4. The van der Waals surface area contributed by atoms with Crippen molar-refractivity contribution in [3.8, 4) is 28.1 Å². The molecule has 0 atom stereocenters. The number of rotatable bonds is 3. The molecule has 4 rings (SSSR count). The van der Waals surface area contributed by atoms with Gasteiger partial charge in [-0.05, 0) is 35.9 Å². The fourth-order valence-corrected chi connectivity index (χ4v) is 2.80. The lowest BCUT2D eigenvalue weighted by Crippen LogP contribution is -1.92. The zero-order valence-electron chi connectivity index (χ0n) is 12.7. The minimum atomic E-state index is 0.817. The van der Waals surface area contributed by atoms with Crippen LogP contribution in [0.25, 0.3) is 33.3 Å². The summed E-state index contributed by atoms with van der Waals surface area (Å²) in [5, 5.41) is 8.14. The number of benzene rings is 2. The first kappa shape index (κ1) is 13.5. The molecule has 0 spiro atoms. The monoisotopic (exact) mass is 301 g/mol. The predicted octanol–water partition coefficient (Wildman–Crippen LogP) is 4.30. The van der Waals surface area contributed by atoms with Gasteiger partial charge in [-0.25, -0.2) is 0 Å². The second-order valence-corrected chi connectivity index (χ2v) is 5.27. The van der Waals surface area contributed by atoms with Gasteiger partial charge in [-0.2, -0.15) is 5.10 Å². The summed E-state index contributed by atoms with van der Waals surface area (Å²) in [4.78, 5) is 4.60. The van der Waals surface area contributed by atoms with Gasteiger partial charge in [0.05, 0.1) is 24.5 Å². The van der Waals surface area contributed by atoms with E-state index in [9.17, 15) is 0 Å². The standard InChI is InChI=1S/C19H15N3O/c1-23-18-7-3-2-5-16(18)19-15(6-4-10-20-19)13-8-9-17-14(11-13)12-21-22-17/h2-12H,1H3,(H,21,22). The number of aromatic nitrogens is 3. The van der Waals surface area contributed by atoms with Crippen molar-refractivity contribution in [1.82, 2.24) is 15.2 Å². The Labute approximate surface area is 133 Å². The molecule has 112 valence electrons. The minimum Gasteiger partial charge on any atom is -0.496 e. The molecule has 0 aliphatic heterocycles. The molecule has 0 fully saturated rings. The molecule has 1 N–H and O–H groups in total. The molecular weight excluding hydrogens is 286 g/mol. The predicted molar refractivity (Wildman–Crippen MR) is 91.3 cm³/mol. The highest BCUT2D eigenvalue weighted by Gasteiger charge is 2.13. The maximum atomic E-state index is 5.49. The molecule has 4 heteroatoms. The highest BCUT2D eigenvalue weighted by Crippen LogP contribution is 2.36. The normalized spacial score (nSPS) is 10.8.